The van der Waals surface area contributed by atoms with Gasteiger partial charge in [-0.2, -0.15) is 5.10 Å². The number of rotatable bonds is 7. The third-order valence-electron chi connectivity index (χ3n) is 6.38. The van der Waals surface area contributed by atoms with Crippen LogP contribution in [0.2, 0.25) is 0 Å². The van der Waals surface area contributed by atoms with Gasteiger partial charge in [0.2, 0.25) is 11.8 Å². The third-order valence-corrected chi connectivity index (χ3v) is 7.63. The lowest BCUT2D eigenvalue weighted by atomic mass is 9.99. The Labute approximate surface area is 231 Å². The van der Waals surface area contributed by atoms with Crippen molar-refractivity contribution >= 4 is 29.4 Å². The summed E-state index contributed by atoms with van der Waals surface area (Å²) in [5.41, 5.74) is 3.90. The van der Waals surface area contributed by atoms with Crippen molar-refractivity contribution in [3.05, 3.63) is 95.8 Å². The highest BCUT2D eigenvalue weighted by Gasteiger charge is 2.37. The van der Waals surface area contributed by atoms with Gasteiger partial charge in [0.05, 0.1) is 29.5 Å². The number of hydrogen-bond donors (Lipinski definition) is 1. The molecule has 9 heteroatoms. The molecular formula is C30H29FN4O3S. The summed E-state index contributed by atoms with van der Waals surface area (Å²) in [5, 5.41) is 7.61. The lowest BCUT2D eigenvalue weighted by molar-refractivity contribution is -0.123. The molecule has 1 N–H and O–H groups in total. The van der Waals surface area contributed by atoms with E-state index in [1.165, 1.54) is 28.8 Å². The SMILES string of the molecule is COc1ccc(-n2nc(-c3ccccc3)c3c2N(CC(=O)NC(C)C)C(=O)CS[C@@H]3c2ccc(F)cc2)cc1. The minimum absolute atomic E-state index is 0.0771. The molecular weight excluding hydrogens is 515 g/mol. The molecule has 1 aliphatic heterocycles. The largest absolute Gasteiger partial charge is 0.497 e. The van der Waals surface area contributed by atoms with Gasteiger partial charge in [-0.05, 0) is 55.8 Å². The highest BCUT2D eigenvalue weighted by Crippen LogP contribution is 2.48. The molecule has 1 atom stereocenters. The number of carbonyl (C=O) groups is 2. The Bertz CT molecular complexity index is 1470. The van der Waals surface area contributed by atoms with Gasteiger partial charge in [-0.3, -0.25) is 14.5 Å². The molecule has 0 aliphatic carbocycles. The Morgan fingerprint density at radius 2 is 1.77 bits per heavy atom. The van der Waals surface area contributed by atoms with E-state index in [1.807, 2.05) is 68.4 Å². The van der Waals surface area contributed by atoms with E-state index in [1.54, 1.807) is 23.9 Å². The number of methoxy groups -OCH3 is 1. The second kappa shape index (κ2) is 11.3. The summed E-state index contributed by atoms with van der Waals surface area (Å²) in [4.78, 5) is 28.2. The number of aromatic nitrogens is 2. The van der Waals surface area contributed by atoms with Crippen LogP contribution in [0.4, 0.5) is 10.2 Å². The zero-order valence-electron chi connectivity index (χ0n) is 21.9. The average molecular weight is 545 g/mol. The van der Waals surface area contributed by atoms with Gasteiger partial charge in [-0.1, -0.05) is 42.5 Å². The predicted molar refractivity (Wildman–Crippen MR) is 152 cm³/mol. The molecule has 2 heterocycles. The monoisotopic (exact) mass is 544 g/mol. The zero-order valence-corrected chi connectivity index (χ0v) is 22.7. The zero-order chi connectivity index (χ0) is 27.5. The number of ether oxygens (including phenoxy) is 1. The molecule has 3 aromatic carbocycles. The van der Waals surface area contributed by atoms with Gasteiger partial charge in [-0.25, -0.2) is 9.07 Å². The second-order valence-electron chi connectivity index (χ2n) is 9.51. The predicted octanol–water partition coefficient (Wildman–Crippen LogP) is 5.38. The topological polar surface area (TPSA) is 76.5 Å². The second-order valence-corrected chi connectivity index (χ2v) is 10.6. The van der Waals surface area contributed by atoms with Crippen molar-refractivity contribution in [3.63, 3.8) is 0 Å². The normalized spacial score (nSPS) is 15.2. The van der Waals surface area contributed by atoms with Crippen LogP contribution >= 0.6 is 11.8 Å². The maximum absolute atomic E-state index is 13.9. The molecule has 0 bridgehead atoms. The fraction of sp³-hybridized carbons (Fsp3) is 0.233. The van der Waals surface area contributed by atoms with Crippen LogP contribution in [-0.4, -0.2) is 47.0 Å². The number of hydrogen-bond acceptors (Lipinski definition) is 5. The highest BCUT2D eigenvalue weighted by molar-refractivity contribution is 8.00. The smallest absolute Gasteiger partial charge is 0.240 e. The minimum Gasteiger partial charge on any atom is -0.497 e. The Morgan fingerprint density at radius 1 is 1.08 bits per heavy atom. The molecule has 0 saturated carbocycles. The van der Waals surface area contributed by atoms with Crippen LogP contribution in [0.15, 0.2) is 78.9 Å². The van der Waals surface area contributed by atoms with Gasteiger partial charge in [0, 0.05) is 17.2 Å². The molecule has 0 saturated heterocycles. The first-order valence-electron chi connectivity index (χ1n) is 12.6. The van der Waals surface area contributed by atoms with Crippen molar-refractivity contribution in [1.29, 1.82) is 0 Å². The molecule has 5 rings (SSSR count). The van der Waals surface area contributed by atoms with Crippen molar-refractivity contribution in [2.75, 3.05) is 24.3 Å². The van der Waals surface area contributed by atoms with Crippen molar-refractivity contribution in [2.45, 2.75) is 25.1 Å². The van der Waals surface area contributed by atoms with Crippen LogP contribution in [0.3, 0.4) is 0 Å². The first-order chi connectivity index (χ1) is 18.9. The van der Waals surface area contributed by atoms with Crippen LogP contribution in [0.5, 0.6) is 5.75 Å². The van der Waals surface area contributed by atoms with E-state index in [2.05, 4.69) is 5.32 Å². The quantitative estimate of drug-likeness (QED) is 0.338. The molecule has 4 aromatic rings. The summed E-state index contributed by atoms with van der Waals surface area (Å²) in [6.45, 7) is 3.60. The van der Waals surface area contributed by atoms with Crippen molar-refractivity contribution < 1.29 is 18.7 Å². The van der Waals surface area contributed by atoms with Crippen molar-refractivity contribution in [2.24, 2.45) is 0 Å². The highest BCUT2D eigenvalue weighted by atomic mass is 32.2. The lowest BCUT2D eigenvalue weighted by Crippen LogP contribution is -2.44. The van der Waals surface area contributed by atoms with Gasteiger partial charge in [0.15, 0.2) is 0 Å². The summed E-state index contributed by atoms with van der Waals surface area (Å²) < 4.78 is 21.0. The molecule has 39 heavy (non-hydrogen) atoms. The molecule has 7 nitrogen and oxygen atoms in total. The van der Waals surface area contributed by atoms with Gasteiger partial charge in [0.1, 0.15) is 23.9 Å². The molecule has 0 unspecified atom stereocenters. The third kappa shape index (κ3) is 5.54. The average Bonchev–Trinajstić information content (AvgIpc) is 3.26. The summed E-state index contributed by atoms with van der Waals surface area (Å²) in [6.07, 6.45) is 0. The summed E-state index contributed by atoms with van der Waals surface area (Å²) >= 11 is 1.44. The van der Waals surface area contributed by atoms with Crippen LogP contribution in [0.1, 0.15) is 30.2 Å². The van der Waals surface area contributed by atoms with Gasteiger partial charge < -0.3 is 10.1 Å². The van der Waals surface area contributed by atoms with Crippen LogP contribution < -0.4 is 15.0 Å². The Morgan fingerprint density at radius 3 is 2.41 bits per heavy atom. The first-order valence-corrected chi connectivity index (χ1v) is 13.7. The van der Waals surface area contributed by atoms with E-state index in [-0.39, 0.29) is 41.2 Å². The van der Waals surface area contributed by atoms with E-state index in [9.17, 15) is 14.0 Å². The number of fused-ring (bicyclic) bond motifs is 1. The molecule has 0 spiro atoms. The summed E-state index contributed by atoms with van der Waals surface area (Å²) in [6, 6.07) is 23.4. The van der Waals surface area contributed by atoms with E-state index >= 15 is 0 Å². The first kappa shape index (κ1) is 26.5. The van der Waals surface area contributed by atoms with E-state index in [4.69, 9.17) is 9.84 Å². The number of amides is 2. The maximum Gasteiger partial charge on any atom is 0.240 e. The van der Waals surface area contributed by atoms with Gasteiger partial charge in [0.25, 0.3) is 0 Å². The Balaban J connectivity index is 1.78. The summed E-state index contributed by atoms with van der Waals surface area (Å²) in [7, 11) is 1.60. The Kier molecular flexibility index (Phi) is 7.70. The molecule has 0 fully saturated rings. The number of anilines is 1. The van der Waals surface area contributed by atoms with Gasteiger partial charge in [-0.15, -0.1) is 11.8 Å². The number of thioether (sulfide) groups is 1. The fourth-order valence-electron chi connectivity index (χ4n) is 4.64. The van der Waals surface area contributed by atoms with Crippen molar-refractivity contribution in [3.8, 4) is 22.7 Å². The standard InChI is InChI=1S/C30H29FN4O3S/c1-19(2)32-25(36)17-34-26(37)18-39-29(21-9-11-22(31)12-10-21)27-28(20-7-5-4-6-8-20)33-35(30(27)34)23-13-15-24(38-3)16-14-23/h4-16,19,29H,17-18H2,1-3H3,(H,32,36)/t29-/m1/s1. The molecule has 1 aliphatic rings. The lowest BCUT2D eigenvalue weighted by Gasteiger charge is -2.23. The molecule has 2 amide bonds. The van der Waals surface area contributed by atoms with Crippen molar-refractivity contribution in [1.82, 2.24) is 15.1 Å². The number of nitrogens with zero attached hydrogens (tertiary/aromatic N) is 3. The maximum atomic E-state index is 13.9. The van der Waals surface area contributed by atoms with Crippen LogP contribution in [0.25, 0.3) is 16.9 Å². The number of benzene rings is 3. The number of carbonyl (C=O) groups excluding carboxylic acids is 2. The van der Waals surface area contributed by atoms with E-state index < -0.39 is 0 Å². The van der Waals surface area contributed by atoms with Gasteiger partial charge >= 0.3 is 0 Å². The number of halogens is 1. The van der Waals surface area contributed by atoms with Crippen LogP contribution in [-0.2, 0) is 9.59 Å². The fourth-order valence-corrected chi connectivity index (χ4v) is 5.84. The van der Waals surface area contributed by atoms with E-state index in [0.29, 0.717) is 22.9 Å². The van der Waals surface area contributed by atoms with Crippen LogP contribution in [0, 0.1) is 5.82 Å². The van der Waals surface area contributed by atoms with E-state index in [0.717, 1.165) is 16.7 Å². The minimum atomic E-state index is -0.335. The Hall–Kier alpha value is -4.11. The number of nitrogens with one attached hydrogen (secondary N) is 1. The molecule has 200 valence electrons. The molecule has 1 aromatic heterocycles. The molecule has 0 radical (unpaired) electrons. The summed E-state index contributed by atoms with van der Waals surface area (Å²) in [5.74, 6) is 0.532.